The number of hydrogen-bond acceptors (Lipinski definition) is 2. The van der Waals surface area contributed by atoms with E-state index in [1.54, 1.807) is 6.07 Å². The Balaban J connectivity index is 2.74. The fraction of sp³-hybridized carbons (Fsp3) is 0.462. The smallest absolute Gasteiger partial charge is 0.152 e. The molecule has 16 heavy (non-hydrogen) atoms. The molecular formula is C13H18FNO. The van der Waals surface area contributed by atoms with E-state index in [1.165, 1.54) is 18.6 Å². The zero-order chi connectivity index (χ0) is 12.0. The molecule has 0 saturated heterocycles. The van der Waals surface area contributed by atoms with Gasteiger partial charge in [0.25, 0.3) is 0 Å². The van der Waals surface area contributed by atoms with E-state index in [0.717, 1.165) is 25.1 Å². The number of carbonyl (C=O) groups is 1. The highest BCUT2D eigenvalue weighted by molar-refractivity contribution is 5.84. The van der Waals surface area contributed by atoms with Crippen molar-refractivity contribution in [1.82, 2.24) is 0 Å². The number of anilines is 1. The lowest BCUT2D eigenvalue weighted by atomic mass is 10.1. The summed E-state index contributed by atoms with van der Waals surface area (Å²) in [5, 5.41) is 0. The van der Waals surface area contributed by atoms with Crippen LogP contribution in [0.4, 0.5) is 10.1 Å². The quantitative estimate of drug-likeness (QED) is 0.545. The van der Waals surface area contributed by atoms with E-state index < -0.39 is 0 Å². The molecule has 0 spiro atoms. The lowest BCUT2D eigenvalue weighted by Gasteiger charge is -2.20. The maximum Gasteiger partial charge on any atom is 0.152 e. The number of nitrogens with zero attached hydrogens (tertiary/aromatic N) is 1. The maximum absolute atomic E-state index is 12.9. The van der Waals surface area contributed by atoms with E-state index in [2.05, 4.69) is 6.92 Å². The van der Waals surface area contributed by atoms with E-state index in [0.29, 0.717) is 11.8 Å². The molecule has 88 valence electrons. The van der Waals surface area contributed by atoms with Gasteiger partial charge in [-0.25, -0.2) is 4.39 Å². The van der Waals surface area contributed by atoms with E-state index in [1.807, 2.05) is 11.9 Å². The number of unbranched alkanes of at least 4 members (excludes halogenated alkanes) is 2. The third-order valence-corrected chi connectivity index (χ3v) is 2.62. The Hall–Kier alpha value is -1.38. The van der Waals surface area contributed by atoms with Gasteiger partial charge in [-0.05, 0) is 24.6 Å². The highest BCUT2D eigenvalue weighted by Gasteiger charge is 2.07. The van der Waals surface area contributed by atoms with Crippen LogP contribution in [0.15, 0.2) is 18.2 Å². The SMILES string of the molecule is CCCCCN(C)c1ccc(F)cc1C=O. The number of rotatable bonds is 6. The predicted octanol–water partition coefficient (Wildman–Crippen LogP) is 3.26. The van der Waals surface area contributed by atoms with Crippen molar-refractivity contribution in [1.29, 1.82) is 0 Å². The van der Waals surface area contributed by atoms with E-state index in [4.69, 9.17) is 0 Å². The van der Waals surface area contributed by atoms with Crippen LogP contribution in [0, 0.1) is 5.82 Å². The van der Waals surface area contributed by atoms with Crippen molar-refractivity contribution in [2.75, 3.05) is 18.5 Å². The van der Waals surface area contributed by atoms with Gasteiger partial charge in [0.05, 0.1) is 0 Å². The van der Waals surface area contributed by atoms with Gasteiger partial charge < -0.3 is 4.90 Å². The Labute approximate surface area is 96.1 Å². The Kier molecular flexibility index (Phi) is 4.96. The minimum absolute atomic E-state index is 0.368. The van der Waals surface area contributed by atoms with Gasteiger partial charge in [-0.1, -0.05) is 19.8 Å². The molecule has 0 saturated carbocycles. The van der Waals surface area contributed by atoms with Crippen LogP contribution >= 0.6 is 0 Å². The molecule has 0 unspecified atom stereocenters. The van der Waals surface area contributed by atoms with E-state index in [9.17, 15) is 9.18 Å². The molecule has 0 atom stereocenters. The molecule has 0 aliphatic carbocycles. The van der Waals surface area contributed by atoms with Crippen LogP contribution in [0.3, 0.4) is 0 Å². The predicted molar refractivity (Wildman–Crippen MR) is 64.6 cm³/mol. The normalized spacial score (nSPS) is 10.2. The Morgan fingerprint density at radius 1 is 1.38 bits per heavy atom. The molecule has 0 radical (unpaired) electrons. The number of benzene rings is 1. The second-order valence-electron chi connectivity index (χ2n) is 3.95. The van der Waals surface area contributed by atoms with Crippen LogP contribution in [0.1, 0.15) is 36.5 Å². The summed E-state index contributed by atoms with van der Waals surface area (Å²) < 4.78 is 12.9. The second-order valence-corrected chi connectivity index (χ2v) is 3.95. The van der Waals surface area contributed by atoms with Gasteiger partial charge in [-0.15, -0.1) is 0 Å². The van der Waals surface area contributed by atoms with Crippen molar-refractivity contribution in [3.63, 3.8) is 0 Å². The number of halogens is 1. The summed E-state index contributed by atoms with van der Waals surface area (Å²) in [7, 11) is 1.93. The minimum Gasteiger partial charge on any atom is -0.374 e. The Morgan fingerprint density at radius 2 is 2.12 bits per heavy atom. The molecule has 0 N–H and O–H groups in total. The van der Waals surface area contributed by atoms with Crippen molar-refractivity contribution in [2.24, 2.45) is 0 Å². The fourth-order valence-corrected chi connectivity index (χ4v) is 1.69. The van der Waals surface area contributed by atoms with Crippen molar-refractivity contribution >= 4 is 12.0 Å². The van der Waals surface area contributed by atoms with E-state index in [-0.39, 0.29) is 5.82 Å². The first-order valence-corrected chi connectivity index (χ1v) is 5.65. The lowest BCUT2D eigenvalue weighted by Crippen LogP contribution is -2.19. The summed E-state index contributed by atoms with van der Waals surface area (Å²) in [6.07, 6.45) is 4.12. The van der Waals surface area contributed by atoms with Crippen molar-refractivity contribution in [2.45, 2.75) is 26.2 Å². The maximum atomic E-state index is 12.9. The van der Waals surface area contributed by atoms with Gasteiger partial charge in [0, 0.05) is 24.8 Å². The van der Waals surface area contributed by atoms with Gasteiger partial charge in [-0.3, -0.25) is 4.79 Å². The molecule has 0 aromatic heterocycles. The molecule has 0 aliphatic rings. The largest absolute Gasteiger partial charge is 0.374 e. The van der Waals surface area contributed by atoms with Gasteiger partial charge in [0.1, 0.15) is 5.82 Å². The highest BCUT2D eigenvalue weighted by atomic mass is 19.1. The fourth-order valence-electron chi connectivity index (χ4n) is 1.69. The molecule has 0 amide bonds. The average Bonchev–Trinajstić information content (AvgIpc) is 2.29. The Bertz CT molecular complexity index is 352. The van der Waals surface area contributed by atoms with Crippen molar-refractivity contribution < 1.29 is 9.18 Å². The standard InChI is InChI=1S/C13H18FNO/c1-3-4-5-8-15(2)13-7-6-12(14)9-11(13)10-16/h6-7,9-10H,3-5,8H2,1-2H3. The first-order valence-electron chi connectivity index (χ1n) is 5.65. The van der Waals surface area contributed by atoms with Crippen molar-refractivity contribution in [3.05, 3.63) is 29.6 Å². The van der Waals surface area contributed by atoms with Gasteiger partial charge in [0.2, 0.25) is 0 Å². The molecule has 3 heteroatoms. The van der Waals surface area contributed by atoms with Crippen LogP contribution in [0.2, 0.25) is 0 Å². The molecule has 1 rings (SSSR count). The number of aldehydes is 1. The minimum atomic E-state index is -0.368. The zero-order valence-electron chi connectivity index (χ0n) is 9.87. The third kappa shape index (κ3) is 3.33. The van der Waals surface area contributed by atoms with Crippen LogP contribution in [0.25, 0.3) is 0 Å². The molecule has 2 nitrogen and oxygen atoms in total. The molecule has 1 aromatic carbocycles. The molecular weight excluding hydrogens is 205 g/mol. The topological polar surface area (TPSA) is 20.3 Å². The highest BCUT2D eigenvalue weighted by Crippen LogP contribution is 2.19. The first kappa shape index (κ1) is 12.7. The van der Waals surface area contributed by atoms with Crippen molar-refractivity contribution in [3.8, 4) is 0 Å². The summed E-state index contributed by atoms with van der Waals surface area (Å²) in [4.78, 5) is 12.8. The molecule has 0 fully saturated rings. The summed E-state index contributed by atoms with van der Waals surface area (Å²) in [6.45, 7) is 3.04. The molecule has 0 aliphatic heterocycles. The van der Waals surface area contributed by atoms with Gasteiger partial charge in [-0.2, -0.15) is 0 Å². The van der Waals surface area contributed by atoms with Crippen LogP contribution in [0.5, 0.6) is 0 Å². The van der Waals surface area contributed by atoms with Crippen LogP contribution < -0.4 is 4.90 Å². The number of carbonyl (C=O) groups excluding carboxylic acids is 1. The summed E-state index contributed by atoms with van der Waals surface area (Å²) in [5.74, 6) is -0.368. The lowest BCUT2D eigenvalue weighted by molar-refractivity contribution is 0.112. The monoisotopic (exact) mass is 223 g/mol. The van der Waals surface area contributed by atoms with Gasteiger partial charge in [0.15, 0.2) is 6.29 Å². The third-order valence-electron chi connectivity index (χ3n) is 2.62. The zero-order valence-corrected chi connectivity index (χ0v) is 9.87. The second kappa shape index (κ2) is 6.26. The van der Waals surface area contributed by atoms with Crippen LogP contribution in [-0.4, -0.2) is 19.9 Å². The number of hydrogen-bond donors (Lipinski definition) is 0. The first-order chi connectivity index (χ1) is 7.69. The van der Waals surface area contributed by atoms with E-state index >= 15 is 0 Å². The Morgan fingerprint density at radius 3 is 2.75 bits per heavy atom. The average molecular weight is 223 g/mol. The molecule has 0 bridgehead atoms. The summed E-state index contributed by atoms with van der Waals surface area (Å²) in [5.41, 5.74) is 1.21. The van der Waals surface area contributed by atoms with Crippen LogP contribution in [-0.2, 0) is 0 Å². The molecule has 1 aromatic rings. The molecule has 0 heterocycles. The summed E-state index contributed by atoms with van der Waals surface area (Å²) >= 11 is 0. The summed E-state index contributed by atoms with van der Waals surface area (Å²) in [6, 6.07) is 4.32. The van der Waals surface area contributed by atoms with Gasteiger partial charge >= 0.3 is 0 Å².